The molecular weight excluding hydrogens is 291 g/mol. The topological polar surface area (TPSA) is 31.2 Å². The predicted molar refractivity (Wildman–Crippen MR) is 55.0 cm³/mol. The van der Waals surface area contributed by atoms with E-state index in [1.54, 1.807) is 6.92 Å². The maximum Gasteiger partial charge on any atom is 0.421 e. The molecule has 0 saturated carbocycles. The lowest BCUT2D eigenvalue weighted by atomic mass is 10.3. The molecule has 1 rings (SSSR count). The number of hydrogen-bond donors (Lipinski definition) is 0. The molecule has 0 atom stereocenters. The first kappa shape index (κ1) is 13.2. The van der Waals surface area contributed by atoms with Gasteiger partial charge in [-0.25, -0.2) is 0 Å². The molecule has 16 heavy (non-hydrogen) atoms. The van der Waals surface area contributed by atoms with E-state index in [9.17, 15) is 18.0 Å². The average molecular weight is 300 g/mol. The normalized spacial score (nSPS) is 11.8. The third kappa shape index (κ3) is 3.08. The summed E-state index contributed by atoms with van der Waals surface area (Å²) in [6.45, 7) is 1.81. The van der Waals surface area contributed by atoms with E-state index in [2.05, 4.69) is 15.9 Å². The van der Waals surface area contributed by atoms with Crippen LogP contribution in [0.2, 0.25) is 0 Å². The number of alkyl halides is 3. The Labute approximate surface area is 98.0 Å². The molecule has 0 aliphatic carbocycles. The summed E-state index contributed by atoms with van der Waals surface area (Å²) in [7, 11) is 0. The zero-order valence-corrected chi connectivity index (χ0v) is 9.93. The summed E-state index contributed by atoms with van der Waals surface area (Å²) in [6, 6.07) is 0.755. The van der Waals surface area contributed by atoms with E-state index < -0.39 is 17.3 Å². The zero-order valence-electron chi connectivity index (χ0n) is 8.34. The van der Waals surface area contributed by atoms with Crippen molar-refractivity contribution in [3.8, 4) is 0 Å². The van der Waals surface area contributed by atoms with Gasteiger partial charge in [-0.05, 0) is 28.9 Å². The number of nitrogens with zero attached hydrogens (tertiary/aromatic N) is 1. The third-order valence-electron chi connectivity index (χ3n) is 1.79. The van der Waals surface area contributed by atoms with Gasteiger partial charge in [0.15, 0.2) is 0 Å². The Morgan fingerprint density at radius 3 is 2.62 bits per heavy atom. The quantitative estimate of drug-likeness (QED) is 0.859. The molecule has 3 nitrogen and oxygen atoms in total. The van der Waals surface area contributed by atoms with Crippen molar-refractivity contribution in [2.45, 2.75) is 19.8 Å². The number of rotatable bonds is 3. The van der Waals surface area contributed by atoms with Gasteiger partial charge in [0.1, 0.15) is 12.3 Å². The van der Waals surface area contributed by atoms with E-state index in [1.165, 1.54) is 6.20 Å². The number of hydrogen-bond acceptors (Lipinski definition) is 2. The molecule has 0 saturated heterocycles. The third-order valence-corrected chi connectivity index (χ3v) is 2.23. The van der Waals surface area contributed by atoms with Crippen LogP contribution in [0.15, 0.2) is 21.5 Å². The molecule has 0 amide bonds. The monoisotopic (exact) mass is 299 g/mol. The van der Waals surface area contributed by atoms with Gasteiger partial charge in [-0.1, -0.05) is 0 Å². The molecule has 1 aromatic rings. The summed E-state index contributed by atoms with van der Waals surface area (Å²) in [6.07, 6.45) is -3.40. The molecule has 90 valence electrons. The van der Waals surface area contributed by atoms with Gasteiger partial charge in [0, 0.05) is 17.3 Å². The lowest BCUT2D eigenvalue weighted by molar-refractivity contribution is -0.139. The van der Waals surface area contributed by atoms with E-state index in [0.717, 1.165) is 10.6 Å². The van der Waals surface area contributed by atoms with Crippen molar-refractivity contribution in [1.82, 2.24) is 4.57 Å². The number of pyridine rings is 1. The number of ether oxygens (including phenoxy) is 1. The first-order valence-electron chi connectivity index (χ1n) is 4.41. The van der Waals surface area contributed by atoms with E-state index in [4.69, 9.17) is 4.74 Å². The first-order valence-corrected chi connectivity index (χ1v) is 5.20. The number of halogens is 4. The molecule has 0 unspecified atom stereocenters. The summed E-state index contributed by atoms with van der Waals surface area (Å²) in [5.74, 6) is 0. The summed E-state index contributed by atoms with van der Waals surface area (Å²) in [5, 5.41) is 0. The molecule has 0 radical (unpaired) electrons. The van der Waals surface area contributed by atoms with Gasteiger partial charge in [-0.15, -0.1) is 0 Å². The molecule has 7 heteroatoms. The fraction of sp³-hybridized carbons (Fsp3) is 0.444. The summed E-state index contributed by atoms with van der Waals surface area (Å²) in [5.41, 5.74) is -2.31. The van der Waals surface area contributed by atoms with E-state index in [1.807, 2.05) is 0 Å². The average Bonchev–Trinajstić information content (AvgIpc) is 2.17. The highest BCUT2D eigenvalue weighted by Gasteiger charge is 2.34. The second-order valence-electron chi connectivity index (χ2n) is 2.97. The Balaban J connectivity index is 3.22. The molecule has 0 aromatic carbocycles. The lowest BCUT2D eigenvalue weighted by Crippen LogP contribution is -2.29. The van der Waals surface area contributed by atoms with Crippen molar-refractivity contribution >= 4 is 15.9 Å². The molecule has 1 aromatic heterocycles. The minimum absolute atomic E-state index is 0.180. The Kier molecular flexibility index (Phi) is 4.15. The Morgan fingerprint density at radius 2 is 2.12 bits per heavy atom. The van der Waals surface area contributed by atoms with Crippen molar-refractivity contribution in [2.75, 3.05) is 6.61 Å². The van der Waals surface area contributed by atoms with Gasteiger partial charge in [0.25, 0.3) is 5.56 Å². The fourth-order valence-corrected chi connectivity index (χ4v) is 1.56. The summed E-state index contributed by atoms with van der Waals surface area (Å²) >= 11 is 2.92. The second-order valence-corrected chi connectivity index (χ2v) is 3.88. The highest BCUT2D eigenvalue weighted by Crippen LogP contribution is 2.28. The molecule has 0 bridgehead atoms. The fourth-order valence-electron chi connectivity index (χ4n) is 1.09. The Morgan fingerprint density at radius 1 is 1.50 bits per heavy atom. The van der Waals surface area contributed by atoms with Crippen LogP contribution in [0.5, 0.6) is 0 Å². The van der Waals surface area contributed by atoms with Gasteiger partial charge >= 0.3 is 6.18 Å². The van der Waals surface area contributed by atoms with Crippen molar-refractivity contribution in [3.05, 3.63) is 32.7 Å². The SMILES string of the molecule is CCOCn1cc(Br)cc(C(F)(F)F)c1=O. The molecule has 0 aliphatic rings. The Hall–Kier alpha value is -0.820. The minimum atomic E-state index is -4.66. The Bertz CT molecular complexity index is 428. The van der Waals surface area contributed by atoms with Crippen LogP contribution in [0.1, 0.15) is 12.5 Å². The largest absolute Gasteiger partial charge is 0.421 e. The van der Waals surface area contributed by atoms with Crippen LogP contribution in [0, 0.1) is 0 Å². The van der Waals surface area contributed by atoms with Crippen LogP contribution in [0.4, 0.5) is 13.2 Å². The molecule has 1 heterocycles. The van der Waals surface area contributed by atoms with Crippen molar-refractivity contribution in [2.24, 2.45) is 0 Å². The van der Waals surface area contributed by atoms with Crippen molar-refractivity contribution in [3.63, 3.8) is 0 Å². The summed E-state index contributed by atoms with van der Waals surface area (Å²) < 4.78 is 43.3. The molecule has 0 spiro atoms. The van der Waals surface area contributed by atoms with Gasteiger partial charge in [-0.3, -0.25) is 9.36 Å². The summed E-state index contributed by atoms with van der Waals surface area (Å²) in [4.78, 5) is 11.4. The van der Waals surface area contributed by atoms with Crippen molar-refractivity contribution in [1.29, 1.82) is 0 Å². The molecule has 0 N–H and O–H groups in total. The smallest absolute Gasteiger partial charge is 0.361 e. The van der Waals surface area contributed by atoms with Gasteiger partial charge < -0.3 is 4.74 Å². The number of aromatic nitrogens is 1. The van der Waals surface area contributed by atoms with E-state index >= 15 is 0 Å². The highest BCUT2D eigenvalue weighted by atomic mass is 79.9. The van der Waals surface area contributed by atoms with Gasteiger partial charge in [0.2, 0.25) is 0 Å². The standard InChI is InChI=1S/C9H9BrF3NO2/c1-2-16-5-14-4-6(10)3-7(8(14)15)9(11,12)13/h3-4H,2,5H2,1H3. The van der Waals surface area contributed by atoms with Crippen molar-refractivity contribution < 1.29 is 17.9 Å². The van der Waals surface area contributed by atoms with E-state index in [0.29, 0.717) is 6.61 Å². The van der Waals surface area contributed by atoms with Crippen LogP contribution in [-0.4, -0.2) is 11.2 Å². The highest BCUT2D eigenvalue weighted by molar-refractivity contribution is 9.10. The maximum absolute atomic E-state index is 12.5. The van der Waals surface area contributed by atoms with Gasteiger partial charge in [-0.2, -0.15) is 13.2 Å². The van der Waals surface area contributed by atoms with Crippen LogP contribution in [0.3, 0.4) is 0 Å². The van der Waals surface area contributed by atoms with E-state index in [-0.39, 0.29) is 11.2 Å². The lowest BCUT2D eigenvalue weighted by Gasteiger charge is -2.11. The van der Waals surface area contributed by atoms with Crippen LogP contribution < -0.4 is 5.56 Å². The molecule has 0 aliphatic heterocycles. The van der Waals surface area contributed by atoms with Crippen LogP contribution in [-0.2, 0) is 17.6 Å². The maximum atomic E-state index is 12.5. The molecular formula is C9H9BrF3NO2. The van der Waals surface area contributed by atoms with Crippen LogP contribution >= 0.6 is 15.9 Å². The first-order chi connectivity index (χ1) is 7.36. The second kappa shape index (κ2) is 5.01. The molecule has 0 fully saturated rings. The van der Waals surface area contributed by atoms with Gasteiger partial charge in [0.05, 0.1) is 0 Å². The zero-order chi connectivity index (χ0) is 12.3. The predicted octanol–water partition coefficient (Wildman–Crippen LogP) is 2.62. The van der Waals surface area contributed by atoms with Crippen LogP contribution in [0.25, 0.3) is 0 Å². The minimum Gasteiger partial charge on any atom is -0.361 e.